The standard InChI is InChI=1S/C10H9ClN2O/c1-2-3-7-12-10(14)8-5-4-6-9(11)13-8/h4-6H,7H2,1H3,(H,12,14). The summed E-state index contributed by atoms with van der Waals surface area (Å²) in [4.78, 5) is 15.2. The van der Waals surface area contributed by atoms with Crippen LogP contribution in [0.25, 0.3) is 0 Å². The molecule has 0 spiro atoms. The molecule has 0 unspecified atom stereocenters. The Bertz CT molecular complexity index is 393. The summed E-state index contributed by atoms with van der Waals surface area (Å²) in [6, 6.07) is 4.89. The van der Waals surface area contributed by atoms with Crippen molar-refractivity contribution in [2.45, 2.75) is 6.92 Å². The lowest BCUT2D eigenvalue weighted by molar-refractivity contribution is 0.0954. The fraction of sp³-hybridized carbons (Fsp3) is 0.200. The van der Waals surface area contributed by atoms with Crippen LogP contribution in [0.15, 0.2) is 18.2 Å². The minimum atomic E-state index is -0.268. The first-order valence-corrected chi connectivity index (χ1v) is 4.42. The van der Waals surface area contributed by atoms with Crippen molar-refractivity contribution in [2.24, 2.45) is 0 Å². The third-order valence-corrected chi connectivity index (χ3v) is 1.67. The molecule has 0 saturated carbocycles. The zero-order valence-corrected chi connectivity index (χ0v) is 8.43. The zero-order chi connectivity index (χ0) is 10.4. The van der Waals surface area contributed by atoms with Crippen LogP contribution in [0.2, 0.25) is 5.15 Å². The molecule has 0 aliphatic carbocycles. The van der Waals surface area contributed by atoms with E-state index >= 15 is 0 Å². The van der Waals surface area contributed by atoms with Crippen molar-refractivity contribution >= 4 is 17.5 Å². The second-order valence-electron chi connectivity index (χ2n) is 2.46. The van der Waals surface area contributed by atoms with E-state index in [2.05, 4.69) is 22.1 Å². The highest BCUT2D eigenvalue weighted by Gasteiger charge is 2.05. The summed E-state index contributed by atoms with van der Waals surface area (Å²) in [5, 5.41) is 2.90. The van der Waals surface area contributed by atoms with Crippen LogP contribution in [0, 0.1) is 11.8 Å². The summed E-state index contributed by atoms with van der Waals surface area (Å²) >= 11 is 5.63. The molecule has 0 radical (unpaired) electrons. The number of rotatable bonds is 2. The molecule has 0 aliphatic heterocycles. The molecule has 1 heterocycles. The van der Waals surface area contributed by atoms with Gasteiger partial charge in [-0.3, -0.25) is 4.79 Å². The quantitative estimate of drug-likeness (QED) is 0.591. The fourth-order valence-electron chi connectivity index (χ4n) is 0.838. The predicted molar refractivity (Wildman–Crippen MR) is 55.0 cm³/mol. The Morgan fingerprint density at radius 1 is 1.64 bits per heavy atom. The highest BCUT2D eigenvalue weighted by molar-refractivity contribution is 6.29. The summed E-state index contributed by atoms with van der Waals surface area (Å²) < 4.78 is 0. The predicted octanol–water partition coefficient (Wildman–Crippen LogP) is 1.49. The molecule has 0 aromatic carbocycles. The van der Waals surface area contributed by atoms with Gasteiger partial charge in [0.05, 0.1) is 6.54 Å². The van der Waals surface area contributed by atoms with E-state index in [1.165, 1.54) is 0 Å². The summed E-state index contributed by atoms with van der Waals surface area (Å²) in [5.74, 6) is 5.13. The number of amides is 1. The molecule has 72 valence electrons. The summed E-state index contributed by atoms with van der Waals surface area (Å²) in [6.45, 7) is 2.04. The number of nitrogens with one attached hydrogen (secondary N) is 1. The van der Waals surface area contributed by atoms with Crippen LogP contribution in [-0.2, 0) is 0 Å². The maximum absolute atomic E-state index is 11.4. The number of carbonyl (C=O) groups excluding carboxylic acids is 1. The van der Waals surface area contributed by atoms with Crippen LogP contribution in [0.4, 0.5) is 0 Å². The number of halogens is 1. The highest BCUT2D eigenvalue weighted by atomic mass is 35.5. The van der Waals surface area contributed by atoms with E-state index in [0.29, 0.717) is 17.4 Å². The number of aromatic nitrogens is 1. The van der Waals surface area contributed by atoms with Crippen molar-refractivity contribution in [3.63, 3.8) is 0 Å². The van der Waals surface area contributed by atoms with Crippen LogP contribution < -0.4 is 5.32 Å². The summed E-state index contributed by atoms with van der Waals surface area (Å²) in [6.07, 6.45) is 0. The largest absolute Gasteiger partial charge is 0.340 e. The molecule has 0 atom stereocenters. The van der Waals surface area contributed by atoms with E-state index in [4.69, 9.17) is 11.6 Å². The Hall–Kier alpha value is -1.53. The van der Waals surface area contributed by atoms with Gasteiger partial charge in [-0.15, -0.1) is 5.92 Å². The molecule has 14 heavy (non-hydrogen) atoms. The lowest BCUT2D eigenvalue weighted by Gasteiger charge is -2.00. The van der Waals surface area contributed by atoms with Crippen molar-refractivity contribution in [3.8, 4) is 11.8 Å². The Labute approximate surface area is 87.5 Å². The molecule has 4 heteroatoms. The summed E-state index contributed by atoms with van der Waals surface area (Å²) in [7, 11) is 0. The Morgan fingerprint density at radius 2 is 2.43 bits per heavy atom. The normalized spacial score (nSPS) is 8.71. The Morgan fingerprint density at radius 3 is 3.07 bits per heavy atom. The number of pyridine rings is 1. The minimum absolute atomic E-state index is 0.268. The maximum Gasteiger partial charge on any atom is 0.270 e. The molecular formula is C10H9ClN2O. The molecular weight excluding hydrogens is 200 g/mol. The molecule has 0 saturated heterocycles. The molecule has 3 nitrogen and oxygen atoms in total. The zero-order valence-electron chi connectivity index (χ0n) is 7.67. The van der Waals surface area contributed by atoms with Crippen LogP contribution >= 0.6 is 11.6 Å². The van der Waals surface area contributed by atoms with Crippen molar-refractivity contribution in [1.29, 1.82) is 0 Å². The number of hydrogen-bond acceptors (Lipinski definition) is 2. The van der Waals surface area contributed by atoms with E-state index in [1.807, 2.05) is 0 Å². The van der Waals surface area contributed by atoms with Gasteiger partial charge >= 0.3 is 0 Å². The van der Waals surface area contributed by atoms with E-state index in [-0.39, 0.29) is 5.91 Å². The number of hydrogen-bond donors (Lipinski definition) is 1. The Balaban J connectivity index is 2.63. The monoisotopic (exact) mass is 208 g/mol. The van der Waals surface area contributed by atoms with Crippen LogP contribution in [0.3, 0.4) is 0 Å². The van der Waals surface area contributed by atoms with Gasteiger partial charge in [0.1, 0.15) is 10.8 Å². The lowest BCUT2D eigenvalue weighted by Crippen LogP contribution is -2.24. The fourth-order valence-corrected chi connectivity index (χ4v) is 1.00. The molecule has 1 rings (SSSR count). The van der Waals surface area contributed by atoms with Crippen molar-refractivity contribution in [3.05, 3.63) is 29.0 Å². The van der Waals surface area contributed by atoms with E-state index < -0.39 is 0 Å². The van der Waals surface area contributed by atoms with Crippen molar-refractivity contribution < 1.29 is 4.79 Å². The molecule has 0 aliphatic rings. The van der Waals surface area contributed by atoms with Crippen LogP contribution in [-0.4, -0.2) is 17.4 Å². The van der Waals surface area contributed by atoms with Gasteiger partial charge in [-0.1, -0.05) is 23.6 Å². The first-order valence-electron chi connectivity index (χ1n) is 4.04. The Kier molecular flexibility index (Phi) is 3.96. The summed E-state index contributed by atoms with van der Waals surface area (Å²) in [5.41, 5.74) is 0.301. The van der Waals surface area contributed by atoms with Gasteiger partial charge in [-0.2, -0.15) is 0 Å². The second kappa shape index (κ2) is 5.25. The van der Waals surface area contributed by atoms with Gasteiger partial charge in [0, 0.05) is 0 Å². The maximum atomic E-state index is 11.4. The van der Waals surface area contributed by atoms with Crippen molar-refractivity contribution in [1.82, 2.24) is 10.3 Å². The average Bonchev–Trinajstić information content (AvgIpc) is 2.18. The molecule has 1 amide bonds. The van der Waals surface area contributed by atoms with Gasteiger partial charge in [-0.25, -0.2) is 4.98 Å². The van der Waals surface area contributed by atoms with Crippen molar-refractivity contribution in [2.75, 3.05) is 6.54 Å². The van der Waals surface area contributed by atoms with E-state index in [0.717, 1.165) is 0 Å². The van der Waals surface area contributed by atoms with Crippen LogP contribution in [0.1, 0.15) is 17.4 Å². The number of carbonyl (C=O) groups is 1. The van der Waals surface area contributed by atoms with E-state index in [9.17, 15) is 4.79 Å². The molecule has 1 aromatic rings. The molecule has 1 aromatic heterocycles. The van der Waals surface area contributed by atoms with Gasteiger partial charge in [0.2, 0.25) is 0 Å². The third kappa shape index (κ3) is 3.08. The third-order valence-electron chi connectivity index (χ3n) is 1.46. The van der Waals surface area contributed by atoms with Gasteiger partial charge < -0.3 is 5.32 Å². The smallest absolute Gasteiger partial charge is 0.270 e. The molecule has 0 fully saturated rings. The van der Waals surface area contributed by atoms with Gasteiger partial charge in [0.15, 0.2) is 0 Å². The topological polar surface area (TPSA) is 42.0 Å². The van der Waals surface area contributed by atoms with E-state index in [1.54, 1.807) is 25.1 Å². The minimum Gasteiger partial charge on any atom is -0.340 e. The second-order valence-corrected chi connectivity index (χ2v) is 2.84. The van der Waals surface area contributed by atoms with Gasteiger partial charge in [0.25, 0.3) is 5.91 Å². The van der Waals surface area contributed by atoms with Gasteiger partial charge in [-0.05, 0) is 19.1 Å². The molecule has 1 N–H and O–H groups in total. The first kappa shape index (κ1) is 10.6. The average molecular weight is 209 g/mol. The highest BCUT2D eigenvalue weighted by Crippen LogP contribution is 2.04. The number of nitrogens with zero attached hydrogens (tertiary/aromatic N) is 1. The lowest BCUT2D eigenvalue weighted by atomic mass is 10.3. The SMILES string of the molecule is CC#CCNC(=O)c1cccc(Cl)n1. The van der Waals surface area contributed by atoms with Crippen LogP contribution in [0.5, 0.6) is 0 Å². The first-order chi connectivity index (χ1) is 6.74. The molecule has 0 bridgehead atoms.